The number of aryl methyl sites for hydroxylation is 1. The van der Waals surface area contributed by atoms with Crippen molar-refractivity contribution in [2.45, 2.75) is 26.4 Å². The van der Waals surface area contributed by atoms with Crippen molar-refractivity contribution in [3.8, 4) is 0 Å². The van der Waals surface area contributed by atoms with E-state index in [1.54, 1.807) is 18.6 Å². The lowest BCUT2D eigenvalue weighted by molar-refractivity contribution is 0.0908. The first kappa shape index (κ1) is 11.4. The van der Waals surface area contributed by atoms with Gasteiger partial charge in [-0.2, -0.15) is 0 Å². The maximum absolute atomic E-state index is 11.8. The standard InChI is InChI=1S/C12H15N3O2/c1-9-3-6-17-11(9)12(16)14-10(2)7-15-5-4-13-8-15/h3-6,8,10H,7H2,1-2H3,(H,14,16)/t10-/m0/s1. The van der Waals surface area contributed by atoms with Gasteiger partial charge in [-0.1, -0.05) is 0 Å². The second-order valence-electron chi connectivity index (χ2n) is 4.07. The molecule has 1 N–H and O–H groups in total. The summed E-state index contributed by atoms with van der Waals surface area (Å²) in [5, 5.41) is 2.88. The zero-order valence-corrected chi connectivity index (χ0v) is 9.88. The van der Waals surface area contributed by atoms with E-state index in [0.717, 1.165) is 5.56 Å². The van der Waals surface area contributed by atoms with Crippen LogP contribution in [0.2, 0.25) is 0 Å². The Morgan fingerprint density at radius 1 is 1.65 bits per heavy atom. The van der Waals surface area contributed by atoms with Crippen LogP contribution >= 0.6 is 0 Å². The number of imidazole rings is 1. The van der Waals surface area contributed by atoms with Gasteiger partial charge >= 0.3 is 0 Å². The lowest BCUT2D eigenvalue weighted by Crippen LogP contribution is -2.35. The summed E-state index contributed by atoms with van der Waals surface area (Å²) in [6.45, 7) is 4.47. The predicted molar refractivity (Wildman–Crippen MR) is 62.6 cm³/mol. The van der Waals surface area contributed by atoms with Crippen LogP contribution < -0.4 is 5.32 Å². The van der Waals surface area contributed by atoms with Crippen molar-refractivity contribution in [3.05, 3.63) is 42.4 Å². The molecule has 0 aliphatic heterocycles. The van der Waals surface area contributed by atoms with E-state index in [0.29, 0.717) is 12.3 Å². The van der Waals surface area contributed by atoms with E-state index in [-0.39, 0.29) is 11.9 Å². The Labute approximate surface area is 99.5 Å². The van der Waals surface area contributed by atoms with Gasteiger partial charge in [0.25, 0.3) is 5.91 Å². The second-order valence-corrected chi connectivity index (χ2v) is 4.07. The molecule has 5 nitrogen and oxygen atoms in total. The summed E-state index contributed by atoms with van der Waals surface area (Å²) in [5.41, 5.74) is 0.845. The van der Waals surface area contributed by atoms with Gasteiger partial charge in [0.1, 0.15) is 0 Å². The van der Waals surface area contributed by atoms with Gasteiger partial charge in [0, 0.05) is 30.5 Å². The van der Waals surface area contributed by atoms with E-state index >= 15 is 0 Å². The molecule has 17 heavy (non-hydrogen) atoms. The van der Waals surface area contributed by atoms with Crippen molar-refractivity contribution < 1.29 is 9.21 Å². The second kappa shape index (κ2) is 4.86. The van der Waals surface area contributed by atoms with Gasteiger partial charge in [0.05, 0.1) is 12.6 Å². The Morgan fingerprint density at radius 2 is 2.47 bits per heavy atom. The third-order valence-electron chi connectivity index (χ3n) is 2.49. The molecular formula is C12H15N3O2. The van der Waals surface area contributed by atoms with Crippen LogP contribution in [0.15, 0.2) is 35.5 Å². The van der Waals surface area contributed by atoms with Gasteiger partial charge in [0.2, 0.25) is 0 Å². The number of nitrogens with zero attached hydrogens (tertiary/aromatic N) is 2. The molecule has 90 valence electrons. The number of carbonyl (C=O) groups is 1. The molecule has 1 atom stereocenters. The van der Waals surface area contributed by atoms with Gasteiger partial charge in [-0.15, -0.1) is 0 Å². The first-order valence-corrected chi connectivity index (χ1v) is 5.47. The van der Waals surface area contributed by atoms with Crippen LogP contribution in [0.5, 0.6) is 0 Å². The highest BCUT2D eigenvalue weighted by molar-refractivity contribution is 5.92. The van der Waals surface area contributed by atoms with Gasteiger partial charge in [-0.3, -0.25) is 4.79 Å². The number of rotatable bonds is 4. The molecule has 0 bridgehead atoms. The number of aromatic nitrogens is 2. The van der Waals surface area contributed by atoms with Crippen LogP contribution in [0.1, 0.15) is 23.0 Å². The lowest BCUT2D eigenvalue weighted by Gasteiger charge is -2.13. The molecule has 5 heteroatoms. The third kappa shape index (κ3) is 2.75. The summed E-state index contributed by atoms with van der Waals surface area (Å²) in [6.07, 6.45) is 6.82. The third-order valence-corrected chi connectivity index (χ3v) is 2.49. The molecule has 0 fully saturated rings. The van der Waals surface area contributed by atoms with Gasteiger partial charge < -0.3 is 14.3 Å². The summed E-state index contributed by atoms with van der Waals surface area (Å²) in [7, 11) is 0. The Kier molecular flexibility index (Phi) is 3.27. The number of furan rings is 1. The average Bonchev–Trinajstić information content (AvgIpc) is 2.88. The Balaban J connectivity index is 1.93. The van der Waals surface area contributed by atoms with Crippen molar-refractivity contribution >= 4 is 5.91 Å². The highest BCUT2D eigenvalue weighted by Crippen LogP contribution is 2.08. The number of hydrogen-bond acceptors (Lipinski definition) is 3. The van der Waals surface area contributed by atoms with Crippen molar-refractivity contribution in [1.82, 2.24) is 14.9 Å². The minimum Gasteiger partial charge on any atom is -0.459 e. The largest absolute Gasteiger partial charge is 0.459 e. The molecular weight excluding hydrogens is 218 g/mol. The Morgan fingerprint density at radius 3 is 3.06 bits per heavy atom. The van der Waals surface area contributed by atoms with Crippen LogP contribution in [-0.2, 0) is 6.54 Å². The fraction of sp³-hybridized carbons (Fsp3) is 0.333. The maximum atomic E-state index is 11.8. The SMILES string of the molecule is Cc1ccoc1C(=O)N[C@@H](C)Cn1ccnc1. The molecule has 0 saturated heterocycles. The number of amides is 1. The van der Waals surface area contributed by atoms with Crippen molar-refractivity contribution in [1.29, 1.82) is 0 Å². The zero-order chi connectivity index (χ0) is 12.3. The van der Waals surface area contributed by atoms with E-state index in [1.165, 1.54) is 6.26 Å². The molecule has 0 aromatic carbocycles. The molecule has 2 aromatic heterocycles. The number of carbonyl (C=O) groups excluding carboxylic acids is 1. The van der Waals surface area contributed by atoms with E-state index in [2.05, 4.69) is 10.3 Å². The van der Waals surface area contributed by atoms with E-state index in [9.17, 15) is 4.79 Å². The van der Waals surface area contributed by atoms with Crippen LogP contribution in [0, 0.1) is 6.92 Å². The summed E-state index contributed by atoms with van der Waals surface area (Å²) in [6, 6.07) is 1.79. The zero-order valence-electron chi connectivity index (χ0n) is 9.88. The predicted octanol–water partition coefficient (Wildman–Crippen LogP) is 1.60. The smallest absolute Gasteiger partial charge is 0.287 e. The van der Waals surface area contributed by atoms with Crippen LogP contribution in [-0.4, -0.2) is 21.5 Å². The van der Waals surface area contributed by atoms with E-state index < -0.39 is 0 Å². The van der Waals surface area contributed by atoms with Gasteiger partial charge in [-0.25, -0.2) is 4.98 Å². The summed E-state index contributed by atoms with van der Waals surface area (Å²) in [5.74, 6) is 0.197. The Hall–Kier alpha value is -2.04. The van der Waals surface area contributed by atoms with E-state index in [4.69, 9.17) is 4.42 Å². The van der Waals surface area contributed by atoms with E-state index in [1.807, 2.05) is 24.6 Å². The quantitative estimate of drug-likeness (QED) is 0.872. The van der Waals surface area contributed by atoms with Crippen molar-refractivity contribution in [2.75, 3.05) is 0 Å². The van der Waals surface area contributed by atoms with Crippen LogP contribution in [0.25, 0.3) is 0 Å². The minimum atomic E-state index is -0.180. The molecule has 0 radical (unpaired) electrons. The Bertz CT molecular complexity index is 488. The first-order chi connectivity index (χ1) is 8.16. The number of nitrogens with one attached hydrogen (secondary N) is 1. The molecule has 2 aromatic rings. The monoisotopic (exact) mass is 233 g/mol. The van der Waals surface area contributed by atoms with Gasteiger partial charge in [-0.05, 0) is 19.9 Å². The minimum absolute atomic E-state index is 0.0150. The highest BCUT2D eigenvalue weighted by atomic mass is 16.3. The molecule has 0 spiro atoms. The average molecular weight is 233 g/mol. The van der Waals surface area contributed by atoms with Crippen molar-refractivity contribution in [2.24, 2.45) is 0 Å². The summed E-state index contributed by atoms with van der Waals surface area (Å²) < 4.78 is 7.05. The molecule has 0 saturated carbocycles. The molecule has 2 heterocycles. The summed E-state index contributed by atoms with van der Waals surface area (Å²) >= 11 is 0. The topological polar surface area (TPSA) is 60.1 Å². The van der Waals surface area contributed by atoms with Crippen LogP contribution in [0.4, 0.5) is 0 Å². The lowest BCUT2D eigenvalue weighted by atomic mass is 10.2. The molecule has 0 aliphatic carbocycles. The fourth-order valence-electron chi connectivity index (χ4n) is 1.65. The van der Waals surface area contributed by atoms with Gasteiger partial charge in [0.15, 0.2) is 5.76 Å². The molecule has 2 rings (SSSR count). The first-order valence-electron chi connectivity index (χ1n) is 5.47. The summed E-state index contributed by atoms with van der Waals surface area (Å²) in [4.78, 5) is 15.8. The fourth-order valence-corrected chi connectivity index (χ4v) is 1.65. The van der Waals surface area contributed by atoms with Crippen LogP contribution in [0.3, 0.4) is 0 Å². The number of hydrogen-bond donors (Lipinski definition) is 1. The van der Waals surface area contributed by atoms with Crippen molar-refractivity contribution in [3.63, 3.8) is 0 Å². The normalized spacial score (nSPS) is 12.4. The molecule has 1 amide bonds. The highest BCUT2D eigenvalue weighted by Gasteiger charge is 2.14. The maximum Gasteiger partial charge on any atom is 0.287 e. The molecule has 0 aliphatic rings. The molecule has 0 unspecified atom stereocenters.